The number of methoxy groups -OCH3 is 2. The summed E-state index contributed by atoms with van der Waals surface area (Å²) >= 11 is 1.75. The Hall–Kier alpha value is -0.300. The molecule has 1 saturated heterocycles. The van der Waals surface area contributed by atoms with Crippen molar-refractivity contribution < 1.29 is 14.3 Å². The minimum atomic E-state index is -0.0668. The highest BCUT2D eigenvalue weighted by Crippen LogP contribution is 2.19. The fourth-order valence-corrected chi connectivity index (χ4v) is 2.89. The van der Waals surface area contributed by atoms with Crippen LogP contribution in [0.15, 0.2) is 0 Å². The molecule has 0 saturated carbocycles. The summed E-state index contributed by atoms with van der Waals surface area (Å²) in [5, 5.41) is 6.82. The van der Waals surface area contributed by atoms with E-state index in [1.54, 1.807) is 26.0 Å². The zero-order chi connectivity index (χ0) is 13.2. The molecule has 0 aromatic rings. The number of nitrogens with one attached hydrogen (secondary N) is 2. The number of hydrogen-bond donors (Lipinski definition) is 2. The fraction of sp³-hybridized carbons (Fsp3) is 0.917. The number of carbonyl (C=O) groups is 1. The molecule has 1 amide bonds. The smallest absolute Gasteiger partial charge is 0.230 e. The van der Waals surface area contributed by atoms with E-state index in [-0.39, 0.29) is 12.0 Å². The molecule has 1 fully saturated rings. The normalized spacial score (nSPS) is 18.6. The molecule has 0 aromatic heterocycles. The minimum Gasteiger partial charge on any atom is -0.382 e. The summed E-state index contributed by atoms with van der Waals surface area (Å²) in [6.45, 7) is 3.14. The highest BCUT2D eigenvalue weighted by Gasteiger charge is 2.15. The van der Waals surface area contributed by atoms with Gasteiger partial charge >= 0.3 is 0 Å². The molecule has 106 valence electrons. The molecule has 0 spiro atoms. The van der Waals surface area contributed by atoms with Gasteiger partial charge in [0.25, 0.3) is 0 Å². The van der Waals surface area contributed by atoms with Gasteiger partial charge < -0.3 is 20.1 Å². The van der Waals surface area contributed by atoms with Gasteiger partial charge in [-0.25, -0.2) is 0 Å². The Morgan fingerprint density at radius 1 is 1.44 bits per heavy atom. The summed E-state index contributed by atoms with van der Waals surface area (Å²) in [7, 11) is 3.25. The molecule has 1 atom stereocenters. The van der Waals surface area contributed by atoms with Crippen LogP contribution in [0.4, 0.5) is 0 Å². The molecule has 1 rings (SSSR count). The second-order valence-corrected chi connectivity index (χ2v) is 5.67. The fourth-order valence-electron chi connectivity index (χ4n) is 1.83. The molecule has 6 heteroatoms. The predicted octanol–water partition coefficient (Wildman–Crippen LogP) is 0.249. The number of thioether (sulfide) groups is 1. The number of carbonyl (C=O) groups excluding carboxylic acids is 1. The number of hydrogen-bond acceptors (Lipinski definition) is 5. The van der Waals surface area contributed by atoms with Gasteiger partial charge in [-0.1, -0.05) is 0 Å². The minimum absolute atomic E-state index is 0.0668. The molecule has 5 nitrogen and oxygen atoms in total. The quantitative estimate of drug-likeness (QED) is 0.665. The van der Waals surface area contributed by atoms with E-state index in [2.05, 4.69) is 10.6 Å². The van der Waals surface area contributed by atoms with Crippen LogP contribution in [0.2, 0.25) is 0 Å². The molecule has 0 aromatic carbocycles. The Kier molecular flexibility index (Phi) is 8.41. The van der Waals surface area contributed by atoms with Gasteiger partial charge in [-0.05, 0) is 25.9 Å². The monoisotopic (exact) mass is 276 g/mol. The lowest BCUT2D eigenvalue weighted by molar-refractivity contribution is -0.119. The van der Waals surface area contributed by atoms with Crippen LogP contribution in [-0.2, 0) is 14.3 Å². The third kappa shape index (κ3) is 6.58. The maximum Gasteiger partial charge on any atom is 0.230 e. The van der Waals surface area contributed by atoms with E-state index in [0.29, 0.717) is 24.2 Å². The lowest BCUT2D eigenvalue weighted by atomic mass is 10.2. The first kappa shape index (κ1) is 15.8. The van der Waals surface area contributed by atoms with Crippen molar-refractivity contribution in [3.05, 3.63) is 0 Å². The molecular weight excluding hydrogens is 252 g/mol. The first-order chi connectivity index (χ1) is 8.76. The van der Waals surface area contributed by atoms with Crippen molar-refractivity contribution in [2.75, 3.05) is 46.2 Å². The lowest BCUT2D eigenvalue weighted by Crippen LogP contribution is -2.37. The van der Waals surface area contributed by atoms with Crippen LogP contribution in [0.1, 0.15) is 12.8 Å². The summed E-state index contributed by atoms with van der Waals surface area (Å²) in [6.07, 6.45) is 2.24. The average molecular weight is 276 g/mol. The van der Waals surface area contributed by atoms with Gasteiger partial charge in [0.05, 0.1) is 18.5 Å². The van der Waals surface area contributed by atoms with E-state index in [4.69, 9.17) is 9.47 Å². The molecule has 1 unspecified atom stereocenters. The molecule has 18 heavy (non-hydrogen) atoms. The Morgan fingerprint density at radius 3 is 2.78 bits per heavy atom. The Balaban J connectivity index is 2.08. The van der Waals surface area contributed by atoms with Crippen LogP contribution in [0, 0.1) is 0 Å². The summed E-state index contributed by atoms with van der Waals surface area (Å²) in [4.78, 5) is 11.7. The zero-order valence-corrected chi connectivity index (χ0v) is 12.1. The SMILES string of the molecule is COCC(CNC(=O)CSC1CCNCC1)OC. The van der Waals surface area contributed by atoms with Crippen LogP contribution >= 0.6 is 11.8 Å². The highest BCUT2D eigenvalue weighted by atomic mass is 32.2. The van der Waals surface area contributed by atoms with Gasteiger partial charge in [0.15, 0.2) is 0 Å². The van der Waals surface area contributed by atoms with E-state index >= 15 is 0 Å². The molecule has 1 heterocycles. The number of rotatable bonds is 8. The third-order valence-electron chi connectivity index (χ3n) is 2.95. The van der Waals surface area contributed by atoms with E-state index in [0.717, 1.165) is 25.9 Å². The second-order valence-electron chi connectivity index (χ2n) is 4.38. The van der Waals surface area contributed by atoms with E-state index in [1.165, 1.54) is 0 Å². The highest BCUT2D eigenvalue weighted by molar-refractivity contribution is 8.00. The molecule has 2 N–H and O–H groups in total. The second kappa shape index (κ2) is 9.61. The van der Waals surface area contributed by atoms with Crippen molar-refractivity contribution in [3.8, 4) is 0 Å². The molecule has 1 aliphatic heterocycles. The maximum atomic E-state index is 11.7. The van der Waals surface area contributed by atoms with Crippen molar-refractivity contribution in [1.82, 2.24) is 10.6 Å². The zero-order valence-electron chi connectivity index (χ0n) is 11.2. The standard InChI is InChI=1S/C12H24N2O3S/c1-16-8-10(17-2)7-14-12(15)9-18-11-3-5-13-6-4-11/h10-11,13H,3-9H2,1-2H3,(H,14,15). The van der Waals surface area contributed by atoms with Gasteiger partial charge in [0.1, 0.15) is 0 Å². The van der Waals surface area contributed by atoms with Gasteiger partial charge in [-0.15, -0.1) is 11.8 Å². The van der Waals surface area contributed by atoms with Crippen LogP contribution in [0.3, 0.4) is 0 Å². The van der Waals surface area contributed by atoms with Crippen LogP contribution in [0.5, 0.6) is 0 Å². The van der Waals surface area contributed by atoms with Crippen molar-refractivity contribution in [2.24, 2.45) is 0 Å². The predicted molar refractivity (Wildman–Crippen MR) is 74.0 cm³/mol. The van der Waals surface area contributed by atoms with Crippen molar-refractivity contribution >= 4 is 17.7 Å². The Labute approximate surface area is 113 Å². The van der Waals surface area contributed by atoms with Crippen LogP contribution in [-0.4, -0.2) is 63.5 Å². The van der Waals surface area contributed by atoms with Crippen molar-refractivity contribution in [2.45, 2.75) is 24.2 Å². The summed E-state index contributed by atoms with van der Waals surface area (Å²) in [6, 6.07) is 0. The number of amides is 1. The van der Waals surface area contributed by atoms with Gasteiger partial charge in [-0.2, -0.15) is 0 Å². The van der Waals surface area contributed by atoms with Gasteiger partial charge in [-0.3, -0.25) is 4.79 Å². The Morgan fingerprint density at radius 2 is 2.17 bits per heavy atom. The number of ether oxygens (including phenoxy) is 2. The largest absolute Gasteiger partial charge is 0.382 e. The van der Waals surface area contributed by atoms with Crippen LogP contribution in [0.25, 0.3) is 0 Å². The maximum absolute atomic E-state index is 11.7. The molecular formula is C12H24N2O3S. The van der Waals surface area contributed by atoms with E-state index < -0.39 is 0 Å². The molecule has 0 aliphatic carbocycles. The lowest BCUT2D eigenvalue weighted by Gasteiger charge is -2.22. The van der Waals surface area contributed by atoms with Crippen LogP contribution < -0.4 is 10.6 Å². The summed E-state index contributed by atoms with van der Waals surface area (Å²) in [5.41, 5.74) is 0. The van der Waals surface area contributed by atoms with Gasteiger partial charge in [0.2, 0.25) is 5.91 Å². The van der Waals surface area contributed by atoms with E-state index in [9.17, 15) is 4.79 Å². The average Bonchev–Trinajstić information content (AvgIpc) is 2.42. The third-order valence-corrected chi connectivity index (χ3v) is 4.32. The van der Waals surface area contributed by atoms with Crippen molar-refractivity contribution in [1.29, 1.82) is 0 Å². The molecule has 0 radical (unpaired) electrons. The molecule has 0 bridgehead atoms. The van der Waals surface area contributed by atoms with Gasteiger partial charge in [0, 0.05) is 26.0 Å². The Bertz CT molecular complexity index is 225. The number of piperidine rings is 1. The van der Waals surface area contributed by atoms with E-state index in [1.807, 2.05) is 0 Å². The topological polar surface area (TPSA) is 59.6 Å². The summed E-state index contributed by atoms with van der Waals surface area (Å²) < 4.78 is 10.2. The summed E-state index contributed by atoms with van der Waals surface area (Å²) in [5.74, 6) is 0.616. The molecule has 1 aliphatic rings. The first-order valence-electron chi connectivity index (χ1n) is 6.37. The first-order valence-corrected chi connectivity index (χ1v) is 7.42. The van der Waals surface area contributed by atoms with Crippen molar-refractivity contribution in [3.63, 3.8) is 0 Å².